The summed E-state index contributed by atoms with van der Waals surface area (Å²) < 4.78 is 5.67. The van der Waals surface area contributed by atoms with Crippen LogP contribution in [-0.2, 0) is 13.2 Å². The molecule has 3 heterocycles. The van der Waals surface area contributed by atoms with Gasteiger partial charge < -0.3 is 15.0 Å². The third-order valence-corrected chi connectivity index (χ3v) is 5.00. The Hall–Kier alpha value is -4.03. The highest BCUT2D eigenvalue weighted by Gasteiger charge is 2.12. The molecule has 4 rings (SSSR count). The number of nitrogens with one attached hydrogen (secondary N) is 2. The van der Waals surface area contributed by atoms with Gasteiger partial charge in [-0.15, -0.1) is 0 Å². The number of benzene rings is 1. The fourth-order valence-electron chi connectivity index (χ4n) is 2.75. The molecule has 1 amide bonds. The zero-order valence-corrected chi connectivity index (χ0v) is 16.4. The summed E-state index contributed by atoms with van der Waals surface area (Å²) in [6, 6.07) is 12.0. The van der Waals surface area contributed by atoms with Gasteiger partial charge >= 0.3 is 0 Å². The van der Waals surface area contributed by atoms with Crippen LogP contribution in [0.3, 0.4) is 0 Å². The Kier molecular flexibility index (Phi) is 5.50. The first-order chi connectivity index (χ1) is 14.6. The fraction of sp³-hybridized carbons (Fsp3) is 0.0952. The second-order valence-electron chi connectivity index (χ2n) is 6.36. The Labute approximate surface area is 174 Å². The molecule has 0 aliphatic heterocycles. The maximum atomic E-state index is 12.5. The topological polar surface area (TPSA) is 121 Å². The molecule has 0 saturated heterocycles. The lowest BCUT2D eigenvalue weighted by Crippen LogP contribution is -2.27. The van der Waals surface area contributed by atoms with Gasteiger partial charge in [-0.3, -0.25) is 9.59 Å². The maximum absolute atomic E-state index is 12.5. The minimum atomic E-state index is -0.518. The highest BCUT2D eigenvalue weighted by Crippen LogP contribution is 2.14. The number of aromatic nitrogens is 3. The molecule has 0 spiro atoms. The molecule has 0 fully saturated rings. The third-order valence-electron chi connectivity index (χ3n) is 4.27. The number of aromatic amines is 1. The monoisotopic (exact) mass is 417 g/mol. The van der Waals surface area contributed by atoms with Crippen molar-refractivity contribution in [1.29, 1.82) is 5.26 Å². The summed E-state index contributed by atoms with van der Waals surface area (Å²) >= 11 is 1.60. The molecule has 0 aliphatic rings. The SMILES string of the molecule is N#Cc1ccc2nc(C(=O)NCc3ccnc(OCc4ccsc4)c3)[nH]c(=O)c2c1. The number of pyridine rings is 1. The van der Waals surface area contributed by atoms with Crippen molar-refractivity contribution < 1.29 is 9.53 Å². The normalized spacial score (nSPS) is 10.5. The molecule has 30 heavy (non-hydrogen) atoms. The maximum Gasteiger partial charge on any atom is 0.287 e. The van der Waals surface area contributed by atoms with E-state index in [4.69, 9.17) is 10.00 Å². The number of thiophene rings is 1. The highest BCUT2D eigenvalue weighted by molar-refractivity contribution is 7.07. The van der Waals surface area contributed by atoms with Gasteiger partial charge in [-0.25, -0.2) is 9.97 Å². The molecule has 4 aromatic rings. The lowest BCUT2D eigenvalue weighted by atomic mass is 10.1. The molecule has 9 heteroatoms. The number of hydrogen-bond donors (Lipinski definition) is 2. The molecule has 0 bridgehead atoms. The molecule has 0 atom stereocenters. The minimum absolute atomic E-state index is 0.0970. The molecule has 8 nitrogen and oxygen atoms in total. The van der Waals surface area contributed by atoms with Crippen molar-refractivity contribution in [2.45, 2.75) is 13.2 Å². The van der Waals surface area contributed by atoms with Crippen LogP contribution >= 0.6 is 11.3 Å². The van der Waals surface area contributed by atoms with E-state index in [0.29, 0.717) is 23.6 Å². The van der Waals surface area contributed by atoms with Crippen LogP contribution in [0.4, 0.5) is 0 Å². The van der Waals surface area contributed by atoms with Crippen LogP contribution in [0.2, 0.25) is 0 Å². The lowest BCUT2D eigenvalue weighted by Gasteiger charge is -2.08. The Morgan fingerprint density at radius 3 is 2.93 bits per heavy atom. The van der Waals surface area contributed by atoms with Gasteiger partial charge in [-0.05, 0) is 46.7 Å². The van der Waals surface area contributed by atoms with E-state index in [2.05, 4.69) is 20.3 Å². The van der Waals surface area contributed by atoms with E-state index in [-0.39, 0.29) is 17.8 Å². The van der Waals surface area contributed by atoms with E-state index in [1.807, 2.05) is 22.9 Å². The molecular weight excluding hydrogens is 402 g/mol. The summed E-state index contributed by atoms with van der Waals surface area (Å²) in [5, 5.41) is 15.9. The van der Waals surface area contributed by atoms with E-state index < -0.39 is 11.5 Å². The van der Waals surface area contributed by atoms with Crippen LogP contribution < -0.4 is 15.6 Å². The van der Waals surface area contributed by atoms with Crippen molar-refractivity contribution in [3.63, 3.8) is 0 Å². The highest BCUT2D eigenvalue weighted by atomic mass is 32.1. The summed E-state index contributed by atoms with van der Waals surface area (Å²) in [4.78, 5) is 35.5. The Bertz CT molecular complexity index is 1310. The van der Waals surface area contributed by atoms with Gasteiger partial charge in [0.2, 0.25) is 5.88 Å². The van der Waals surface area contributed by atoms with E-state index in [9.17, 15) is 9.59 Å². The molecule has 0 radical (unpaired) electrons. The predicted molar refractivity (Wildman–Crippen MR) is 111 cm³/mol. The zero-order chi connectivity index (χ0) is 20.9. The number of H-pyrrole nitrogens is 1. The van der Waals surface area contributed by atoms with Gasteiger partial charge in [0.05, 0.1) is 22.5 Å². The average Bonchev–Trinajstić information content (AvgIpc) is 3.30. The molecule has 1 aromatic carbocycles. The van der Waals surface area contributed by atoms with Gasteiger partial charge in [0.15, 0.2) is 5.82 Å². The molecule has 148 valence electrons. The first-order valence-corrected chi connectivity index (χ1v) is 9.88. The van der Waals surface area contributed by atoms with Gasteiger partial charge in [-0.2, -0.15) is 16.6 Å². The smallest absolute Gasteiger partial charge is 0.287 e. The van der Waals surface area contributed by atoms with Crippen molar-refractivity contribution in [3.8, 4) is 11.9 Å². The van der Waals surface area contributed by atoms with Crippen molar-refractivity contribution in [3.05, 3.63) is 86.2 Å². The van der Waals surface area contributed by atoms with Gasteiger partial charge in [-0.1, -0.05) is 0 Å². The summed E-state index contributed by atoms with van der Waals surface area (Å²) in [5.74, 6) is -0.158. The Balaban J connectivity index is 1.44. The van der Waals surface area contributed by atoms with Gasteiger partial charge in [0.1, 0.15) is 6.61 Å². The summed E-state index contributed by atoms with van der Waals surface area (Å²) in [5.41, 5.74) is 2.07. The molecule has 3 aromatic heterocycles. The van der Waals surface area contributed by atoms with Crippen molar-refractivity contribution in [1.82, 2.24) is 20.3 Å². The van der Waals surface area contributed by atoms with Crippen LogP contribution in [-0.4, -0.2) is 20.9 Å². The first-order valence-electron chi connectivity index (χ1n) is 8.93. The quantitative estimate of drug-likeness (QED) is 0.498. The second kappa shape index (κ2) is 8.55. The molecule has 0 unspecified atom stereocenters. The van der Waals surface area contributed by atoms with Gasteiger partial charge in [0, 0.05) is 24.4 Å². The summed E-state index contributed by atoms with van der Waals surface area (Å²) in [7, 11) is 0. The van der Waals surface area contributed by atoms with Crippen LogP contribution in [0.1, 0.15) is 27.3 Å². The van der Waals surface area contributed by atoms with Gasteiger partial charge in [0.25, 0.3) is 11.5 Å². The number of nitrogens with zero attached hydrogens (tertiary/aromatic N) is 3. The lowest BCUT2D eigenvalue weighted by molar-refractivity contribution is 0.0940. The van der Waals surface area contributed by atoms with E-state index in [1.54, 1.807) is 41.8 Å². The van der Waals surface area contributed by atoms with Crippen LogP contribution in [0, 0.1) is 11.3 Å². The largest absolute Gasteiger partial charge is 0.473 e. The first kappa shape index (κ1) is 19.3. The number of rotatable bonds is 6. The number of carbonyl (C=O) groups is 1. The number of fused-ring (bicyclic) bond motifs is 1. The third kappa shape index (κ3) is 4.34. The second-order valence-corrected chi connectivity index (χ2v) is 7.14. The van der Waals surface area contributed by atoms with Crippen LogP contribution in [0.25, 0.3) is 10.9 Å². The van der Waals surface area contributed by atoms with Crippen LogP contribution in [0.15, 0.2) is 58.1 Å². The Morgan fingerprint density at radius 1 is 1.23 bits per heavy atom. The number of carbonyl (C=O) groups excluding carboxylic acids is 1. The summed E-state index contributed by atoms with van der Waals surface area (Å²) in [6.07, 6.45) is 1.60. The molecule has 0 aliphatic carbocycles. The number of hydrogen-bond acceptors (Lipinski definition) is 7. The molecular formula is C21H15N5O3S. The van der Waals surface area contributed by atoms with Crippen molar-refractivity contribution >= 4 is 28.1 Å². The van der Waals surface area contributed by atoms with E-state index in [0.717, 1.165) is 11.1 Å². The standard InChI is InChI=1S/C21H15N5O3S/c22-9-13-1-2-17-16(7-13)20(27)26-19(25-17)21(28)24-10-14-3-5-23-18(8-14)29-11-15-4-6-30-12-15/h1-8,12H,10-11H2,(H,24,28)(H,25,26,27). The average molecular weight is 417 g/mol. The van der Waals surface area contributed by atoms with E-state index in [1.165, 1.54) is 6.07 Å². The van der Waals surface area contributed by atoms with E-state index >= 15 is 0 Å². The molecule has 2 N–H and O–H groups in total. The number of amides is 1. The zero-order valence-electron chi connectivity index (χ0n) is 15.6. The number of nitriles is 1. The number of ether oxygens (including phenoxy) is 1. The minimum Gasteiger partial charge on any atom is -0.473 e. The predicted octanol–water partition coefficient (Wildman–Crippen LogP) is 2.76. The van der Waals surface area contributed by atoms with Crippen molar-refractivity contribution in [2.24, 2.45) is 0 Å². The summed E-state index contributed by atoms with van der Waals surface area (Å²) in [6.45, 7) is 0.632. The van der Waals surface area contributed by atoms with Crippen LogP contribution in [0.5, 0.6) is 5.88 Å². The van der Waals surface area contributed by atoms with Crippen molar-refractivity contribution in [2.75, 3.05) is 0 Å². The Morgan fingerprint density at radius 2 is 2.13 bits per heavy atom. The fourth-order valence-corrected chi connectivity index (χ4v) is 3.41. The molecule has 0 saturated carbocycles.